The van der Waals surface area contributed by atoms with Crippen molar-refractivity contribution < 1.29 is 4.79 Å². The number of fused-ring (bicyclic) bond motifs is 1. The molecule has 1 aromatic carbocycles. The molecule has 3 aromatic rings. The number of carbonyl (C=O) groups excluding carboxylic acids is 1. The molecule has 3 heterocycles. The van der Waals surface area contributed by atoms with E-state index >= 15 is 0 Å². The number of hydrogen-bond donors (Lipinski definition) is 2. The average Bonchev–Trinajstić information content (AvgIpc) is 3.31. The first-order chi connectivity index (χ1) is 12.6. The smallest absolute Gasteiger partial charge is 0.317 e. The monoisotopic (exact) mass is 370 g/mol. The molecule has 0 bridgehead atoms. The second-order valence-electron chi connectivity index (χ2n) is 6.67. The second kappa shape index (κ2) is 6.95. The van der Waals surface area contributed by atoms with Gasteiger partial charge in [-0.05, 0) is 11.5 Å². The maximum atomic E-state index is 11.5. The molecule has 136 valence electrons. The summed E-state index contributed by atoms with van der Waals surface area (Å²) in [5.74, 6) is 0.516. The highest BCUT2D eigenvalue weighted by molar-refractivity contribution is 7.20. The van der Waals surface area contributed by atoms with Gasteiger partial charge in [0.05, 0.1) is 11.9 Å². The van der Waals surface area contributed by atoms with Crippen molar-refractivity contribution >= 4 is 27.5 Å². The molecule has 0 saturated carbocycles. The average molecular weight is 370 g/mol. The maximum absolute atomic E-state index is 11.5. The Balaban J connectivity index is 1.47. The van der Waals surface area contributed by atoms with Crippen molar-refractivity contribution in [1.29, 1.82) is 0 Å². The number of rotatable bonds is 6. The van der Waals surface area contributed by atoms with E-state index in [1.807, 2.05) is 10.7 Å². The van der Waals surface area contributed by atoms with Crippen molar-refractivity contribution in [2.24, 2.45) is 0 Å². The molecule has 2 aromatic heterocycles. The Morgan fingerprint density at radius 1 is 1.31 bits per heavy atom. The van der Waals surface area contributed by atoms with Crippen molar-refractivity contribution in [1.82, 2.24) is 24.8 Å². The molecular formula is C18H22N6OS. The van der Waals surface area contributed by atoms with E-state index in [9.17, 15) is 4.79 Å². The van der Waals surface area contributed by atoms with Gasteiger partial charge in [0, 0.05) is 31.7 Å². The maximum Gasteiger partial charge on any atom is 0.317 e. The lowest BCUT2D eigenvalue weighted by atomic mass is 10.0. The predicted molar refractivity (Wildman–Crippen MR) is 104 cm³/mol. The van der Waals surface area contributed by atoms with E-state index in [1.165, 1.54) is 16.9 Å². The van der Waals surface area contributed by atoms with Crippen LogP contribution in [0.25, 0.3) is 16.2 Å². The molecule has 2 amide bonds. The van der Waals surface area contributed by atoms with Crippen LogP contribution in [0.5, 0.6) is 0 Å². The largest absolute Gasteiger partial charge is 0.358 e. The fraction of sp³-hybridized carbons (Fsp3) is 0.389. The molecule has 8 heteroatoms. The molecule has 0 radical (unpaired) electrons. The van der Waals surface area contributed by atoms with Crippen molar-refractivity contribution in [3.63, 3.8) is 0 Å². The van der Waals surface area contributed by atoms with Crippen LogP contribution in [0.3, 0.4) is 0 Å². The lowest BCUT2D eigenvalue weighted by Crippen LogP contribution is -2.32. The summed E-state index contributed by atoms with van der Waals surface area (Å²) in [6, 6.07) is 8.57. The van der Waals surface area contributed by atoms with Gasteiger partial charge in [-0.2, -0.15) is 0 Å². The molecule has 1 aliphatic heterocycles. The summed E-state index contributed by atoms with van der Waals surface area (Å²) >= 11 is 1.51. The standard InChI is InChI=1S/C18H22N6OS/c1-12(2)13-3-5-14(6-4-13)15-11-21-18-24(15)22-16(26-18)19-7-9-23-10-8-20-17(23)25/h3-6,11-12H,7-10H2,1-2H3,(H,19,22)(H,20,25). The highest BCUT2D eigenvalue weighted by atomic mass is 32.1. The Kier molecular flexibility index (Phi) is 4.50. The summed E-state index contributed by atoms with van der Waals surface area (Å²) in [5, 5.41) is 11.5. The van der Waals surface area contributed by atoms with Crippen LogP contribution in [0.4, 0.5) is 9.93 Å². The zero-order valence-corrected chi connectivity index (χ0v) is 15.7. The van der Waals surface area contributed by atoms with Gasteiger partial charge in [-0.3, -0.25) is 0 Å². The van der Waals surface area contributed by atoms with E-state index < -0.39 is 0 Å². The van der Waals surface area contributed by atoms with E-state index in [1.54, 1.807) is 4.90 Å². The molecule has 0 atom stereocenters. The molecule has 1 fully saturated rings. The number of hydrogen-bond acceptors (Lipinski definition) is 5. The quantitative estimate of drug-likeness (QED) is 0.699. The predicted octanol–water partition coefficient (Wildman–Crippen LogP) is 3.02. The lowest BCUT2D eigenvalue weighted by Gasteiger charge is -2.13. The van der Waals surface area contributed by atoms with E-state index in [0.29, 0.717) is 19.0 Å². The zero-order valence-electron chi connectivity index (χ0n) is 14.9. The fourth-order valence-corrected chi connectivity index (χ4v) is 3.82. The van der Waals surface area contributed by atoms with Gasteiger partial charge in [0.25, 0.3) is 0 Å². The van der Waals surface area contributed by atoms with E-state index in [2.05, 4.69) is 58.8 Å². The number of imidazole rings is 1. The van der Waals surface area contributed by atoms with Gasteiger partial charge in [-0.15, -0.1) is 5.10 Å². The summed E-state index contributed by atoms with van der Waals surface area (Å²) < 4.78 is 1.87. The van der Waals surface area contributed by atoms with Crippen LogP contribution >= 0.6 is 11.3 Å². The first kappa shape index (κ1) is 16.8. The van der Waals surface area contributed by atoms with Crippen LogP contribution in [-0.4, -0.2) is 51.7 Å². The van der Waals surface area contributed by atoms with Gasteiger partial charge >= 0.3 is 6.03 Å². The minimum Gasteiger partial charge on any atom is -0.358 e. The van der Waals surface area contributed by atoms with Crippen molar-refractivity contribution in [2.75, 3.05) is 31.5 Å². The van der Waals surface area contributed by atoms with Crippen LogP contribution in [0.2, 0.25) is 0 Å². The third-order valence-corrected chi connectivity index (χ3v) is 5.44. The Morgan fingerprint density at radius 2 is 2.12 bits per heavy atom. The molecule has 0 spiro atoms. The Labute approximate surface area is 156 Å². The van der Waals surface area contributed by atoms with Crippen LogP contribution in [0.1, 0.15) is 25.3 Å². The van der Waals surface area contributed by atoms with Gasteiger partial charge in [-0.25, -0.2) is 14.3 Å². The fourth-order valence-electron chi connectivity index (χ4n) is 3.02. The van der Waals surface area contributed by atoms with Crippen LogP contribution < -0.4 is 10.6 Å². The number of nitrogens with one attached hydrogen (secondary N) is 2. The van der Waals surface area contributed by atoms with Crippen LogP contribution in [-0.2, 0) is 0 Å². The number of urea groups is 1. The van der Waals surface area contributed by atoms with Gasteiger partial charge < -0.3 is 15.5 Å². The SMILES string of the molecule is CC(C)c1ccc(-c2cnc3sc(NCCN4CCNC4=O)nn23)cc1. The summed E-state index contributed by atoms with van der Waals surface area (Å²) in [5.41, 5.74) is 3.41. The number of carbonyl (C=O) groups is 1. The molecular weight excluding hydrogens is 348 g/mol. The number of nitrogens with zero attached hydrogens (tertiary/aromatic N) is 4. The summed E-state index contributed by atoms with van der Waals surface area (Å²) in [6.07, 6.45) is 1.86. The minimum absolute atomic E-state index is 0.00729. The molecule has 1 saturated heterocycles. The minimum atomic E-state index is 0.00729. The normalized spacial score (nSPS) is 14.4. The molecule has 2 N–H and O–H groups in total. The molecule has 1 aliphatic rings. The van der Waals surface area contributed by atoms with Crippen molar-refractivity contribution in [2.45, 2.75) is 19.8 Å². The van der Waals surface area contributed by atoms with Gasteiger partial charge in [0.1, 0.15) is 0 Å². The second-order valence-corrected chi connectivity index (χ2v) is 7.62. The van der Waals surface area contributed by atoms with E-state index in [4.69, 9.17) is 0 Å². The molecule has 0 unspecified atom stereocenters. The highest BCUT2D eigenvalue weighted by Crippen LogP contribution is 2.27. The van der Waals surface area contributed by atoms with Gasteiger partial charge in [0.15, 0.2) is 0 Å². The molecule has 26 heavy (non-hydrogen) atoms. The first-order valence-electron chi connectivity index (χ1n) is 8.83. The Hall–Kier alpha value is -2.61. The third-order valence-electron chi connectivity index (χ3n) is 4.56. The van der Waals surface area contributed by atoms with Crippen molar-refractivity contribution in [3.8, 4) is 11.3 Å². The Bertz CT molecular complexity index is 914. The van der Waals surface area contributed by atoms with Gasteiger partial charge in [0.2, 0.25) is 10.1 Å². The summed E-state index contributed by atoms with van der Waals surface area (Å²) in [4.78, 5) is 18.7. The van der Waals surface area contributed by atoms with Gasteiger partial charge in [-0.1, -0.05) is 49.4 Å². The number of benzene rings is 1. The first-order valence-corrected chi connectivity index (χ1v) is 9.65. The van der Waals surface area contributed by atoms with E-state index in [-0.39, 0.29) is 6.03 Å². The lowest BCUT2D eigenvalue weighted by molar-refractivity contribution is 0.219. The number of amides is 2. The molecule has 4 rings (SSSR count). The third kappa shape index (κ3) is 3.24. The number of aromatic nitrogens is 3. The van der Waals surface area contributed by atoms with Crippen LogP contribution in [0, 0.1) is 0 Å². The molecule has 0 aliphatic carbocycles. The highest BCUT2D eigenvalue weighted by Gasteiger charge is 2.18. The topological polar surface area (TPSA) is 74.6 Å². The zero-order chi connectivity index (χ0) is 18.1. The van der Waals surface area contributed by atoms with Crippen molar-refractivity contribution in [3.05, 3.63) is 36.0 Å². The number of anilines is 1. The summed E-state index contributed by atoms with van der Waals surface area (Å²) in [6.45, 7) is 7.20. The molecule has 7 nitrogen and oxygen atoms in total. The Morgan fingerprint density at radius 3 is 2.81 bits per heavy atom. The van der Waals surface area contributed by atoms with Crippen LogP contribution in [0.15, 0.2) is 30.5 Å². The summed E-state index contributed by atoms with van der Waals surface area (Å²) in [7, 11) is 0. The van der Waals surface area contributed by atoms with E-state index in [0.717, 1.165) is 34.4 Å².